The quantitative estimate of drug-likeness (QED) is 0.577. The van der Waals surface area contributed by atoms with E-state index in [0.29, 0.717) is 10.4 Å². The van der Waals surface area contributed by atoms with Gasteiger partial charge in [-0.2, -0.15) is 13.2 Å². The first-order valence-corrected chi connectivity index (χ1v) is 8.50. The number of aliphatic hydroxyl groups is 1. The number of alkyl halides is 3. The summed E-state index contributed by atoms with van der Waals surface area (Å²) in [6.07, 6.45) is -3.57. The predicted molar refractivity (Wildman–Crippen MR) is 96.6 cm³/mol. The molecule has 0 unspecified atom stereocenters. The van der Waals surface area contributed by atoms with Crippen LogP contribution in [0.25, 0.3) is 10.9 Å². The zero-order chi connectivity index (χ0) is 19.1. The maximum atomic E-state index is 14.1. The van der Waals surface area contributed by atoms with E-state index in [-0.39, 0.29) is 21.7 Å². The minimum Gasteiger partial charge on any atom is -0.376 e. The molecular weight excluding hydrogens is 386 g/mol. The number of hydrogen-bond acceptors (Lipinski definition) is 2. The fourth-order valence-corrected chi connectivity index (χ4v) is 3.69. The van der Waals surface area contributed by atoms with Crippen LogP contribution in [-0.2, 0) is 5.60 Å². The van der Waals surface area contributed by atoms with Gasteiger partial charge in [-0.05, 0) is 23.8 Å². The smallest absolute Gasteiger partial charge is 0.376 e. The van der Waals surface area contributed by atoms with Crippen LogP contribution in [-0.4, -0.2) is 16.3 Å². The molecule has 0 bridgehead atoms. The molecule has 3 rings (SSSR count). The summed E-state index contributed by atoms with van der Waals surface area (Å²) in [6, 6.07) is 11.8. The third-order valence-corrected chi connectivity index (χ3v) is 5.09. The van der Waals surface area contributed by atoms with Gasteiger partial charge in [0.15, 0.2) is 5.60 Å². The molecule has 2 atom stereocenters. The number of hydrogen-bond donors (Lipinski definition) is 1. The van der Waals surface area contributed by atoms with Crippen molar-refractivity contribution in [3.63, 3.8) is 0 Å². The molecule has 0 fully saturated rings. The van der Waals surface area contributed by atoms with E-state index in [4.69, 9.17) is 23.2 Å². The van der Waals surface area contributed by atoms with E-state index in [0.717, 1.165) is 0 Å². The van der Waals surface area contributed by atoms with Crippen LogP contribution in [0.4, 0.5) is 13.2 Å². The van der Waals surface area contributed by atoms with Crippen molar-refractivity contribution in [3.8, 4) is 0 Å². The van der Waals surface area contributed by atoms with E-state index in [1.54, 1.807) is 18.2 Å². The second-order valence-electron chi connectivity index (χ2n) is 6.03. The Hall–Kier alpha value is -1.82. The number of para-hydroxylation sites is 1. The number of halogens is 5. The lowest BCUT2D eigenvalue weighted by Gasteiger charge is -2.37. The van der Waals surface area contributed by atoms with Crippen molar-refractivity contribution in [2.45, 2.75) is 24.6 Å². The minimum atomic E-state index is -4.96. The zero-order valence-electron chi connectivity index (χ0n) is 13.6. The standard InChI is InChI=1S/C19H14Cl2F3NO/c1-11(14-8-7-13(20)10-16(14)21)18(26,19(22,23)24)15-6-2-4-12-5-3-9-25-17(12)15/h2-11,26H,1H3/t11-,18-/m1/s1. The Kier molecular flexibility index (Phi) is 4.90. The Morgan fingerprint density at radius 1 is 1.04 bits per heavy atom. The van der Waals surface area contributed by atoms with Gasteiger partial charge in [0, 0.05) is 33.1 Å². The highest BCUT2D eigenvalue weighted by molar-refractivity contribution is 6.35. The SMILES string of the molecule is C[C@H](c1ccc(Cl)cc1Cl)[C@@](O)(c1cccc2cccnc12)C(F)(F)F. The Balaban J connectivity index is 2.28. The van der Waals surface area contributed by atoms with E-state index in [2.05, 4.69) is 4.98 Å². The van der Waals surface area contributed by atoms with Gasteiger partial charge in [0.2, 0.25) is 0 Å². The molecule has 1 aromatic heterocycles. The van der Waals surface area contributed by atoms with E-state index in [1.165, 1.54) is 43.5 Å². The fraction of sp³-hybridized carbons (Fsp3) is 0.211. The maximum Gasteiger partial charge on any atom is 0.422 e. The van der Waals surface area contributed by atoms with Crippen LogP contribution in [0.1, 0.15) is 24.0 Å². The van der Waals surface area contributed by atoms with Gasteiger partial charge < -0.3 is 5.11 Å². The maximum absolute atomic E-state index is 14.1. The molecule has 0 aliphatic rings. The van der Waals surface area contributed by atoms with Crippen LogP contribution in [0.2, 0.25) is 10.0 Å². The Labute approximate surface area is 158 Å². The summed E-state index contributed by atoms with van der Waals surface area (Å²) in [4.78, 5) is 4.06. The molecule has 7 heteroatoms. The first kappa shape index (κ1) is 19.0. The molecule has 0 amide bonds. The lowest BCUT2D eigenvalue weighted by molar-refractivity contribution is -0.274. The van der Waals surface area contributed by atoms with E-state index >= 15 is 0 Å². The van der Waals surface area contributed by atoms with Crippen molar-refractivity contribution in [1.29, 1.82) is 0 Å². The molecule has 0 spiro atoms. The van der Waals surface area contributed by atoms with Gasteiger partial charge in [0.05, 0.1) is 5.52 Å². The molecule has 1 heterocycles. The second-order valence-corrected chi connectivity index (χ2v) is 6.88. The van der Waals surface area contributed by atoms with Crippen molar-refractivity contribution >= 4 is 34.1 Å². The number of benzene rings is 2. The number of fused-ring (bicyclic) bond motifs is 1. The molecule has 2 nitrogen and oxygen atoms in total. The number of rotatable bonds is 3. The van der Waals surface area contributed by atoms with Crippen molar-refractivity contribution in [1.82, 2.24) is 4.98 Å². The summed E-state index contributed by atoms with van der Waals surface area (Å²) >= 11 is 11.9. The van der Waals surface area contributed by atoms with Crippen LogP contribution >= 0.6 is 23.2 Å². The predicted octanol–water partition coefficient (Wildman–Crippen LogP) is 6.10. The lowest BCUT2D eigenvalue weighted by atomic mass is 9.77. The van der Waals surface area contributed by atoms with Crippen LogP contribution < -0.4 is 0 Å². The average molecular weight is 400 g/mol. The third-order valence-electron chi connectivity index (χ3n) is 4.53. The summed E-state index contributed by atoms with van der Waals surface area (Å²) in [6.45, 7) is 1.28. The van der Waals surface area contributed by atoms with Gasteiger partial charge in [-0.15, -0.1) is 0 Å². The molecule has 1 N–H and O–H groups in total. The molecule has 0 saturated carbocycles. The fourth-order valence-electron chi connectivity index (χ4n) is 3.12. The topological polar surface area (TPSA) is 33.1 Å². The van der Waals surface area contributed by atoms with Gasteiger partial charge in [0.25, 0.3) is 0 Å². The van der Waals surface area contributed by atoms with Crippen LogP contribution in [0.3, 0.4) is 0 Å². The van der Waals surface area contributed by atoms with Crippen molar-refractivity contribution in [2.24, 2.45) is 0 Å². The van der Waals surface area contributed by atoms with E-state index in [9.17, 15) is 18.3 Å². The van der Waals surface area contributed by atoms with Crippen molar-refractivity contribution in [3.05, 3.63) is 75.9 Å². The summed E-state index contributed by atoms with van der Waals surface area (Å²) < 4.78 is 42.4. The lowest BCUT2D eigenvalue weighted by Crippen LogP contribution is -2.46. The molecule has 0 aliphatic carbocycles. The van der Waals surface area contributed by atoms with Crippen molar-refractivity contribution in [2.75, 3.05) is 0 Å². The zero-order valence-corrected chi connectivity index (χ0v) is 15.1. The Morgan fingerprint density at radius 3 is 2.38 bits per heavy atom. The highest BCUT2D eigenvalue weighted by Crippen LogP contribution is 2.51. The first-order chi connectivity index (χ1) is 12.2. The average Bonchev–Trinajstić information content (AvgIpc) is 2.59. The van der Waals surface area contributed by atoms with Crippen molar-refractivity contribution < 1.29 is 18.3 Å². The summed E-state index contributed by atoms with van der Waals surface area (Å²) in [7, 11) is 0. The Morgan fingerprint density at radius 2 is 1.73 bits per heavy atom. The van der Waals surface area contributed by atoms with Gasteiger partial charge in [0.1, 0.15) is 0 Å². The number of pyridine rings is 1. The van der Waals surface area contributed by atoms with E-state index in [1.807, 2.05) is 0 Å². The third kappa shape index (κ3) is 3.04. The molecule has 0 radical (unpaired) electrons. The van der Waals surface area contributed by atoms with Gasteiger partial charge in [-0.3, -0.25) is 4.98 Å². The van der Waals surface area contributed by atoms with Crippen LogP contribution in [0, 0.1) is 0 Å². The molecule has 3 aromatic rings. The molecule has 136 valence electrons. The van der Waals surface area contributed by atoms with Gasteiger partial charge in [-0.1, -0.05) is 60.5 Å². The molecule has 0 saturated heterocycles. The molecule has 26 heavy (non-hydrogen) atoms. The monoisotopic (exact) mass is 399 g/mol. The van der Waals surface area contributed by atoms with Crippen LogP contribution in [0.5, 0.6) is 0 Å². The number of aromatic nitrogens is 1. The Bertz CT molecular complexity index is 956. The highest BCUT2D eigenvalue weighted by atomic mass is 35.5. The van der Waals surface area contributed by atoms with Gasteiger partial charge in [-0.25, -0.2) is 0 Å². The first-order valence-electron chi connectivity index (χ1n) is 7.74. The normalized spacial score (nSPS) is 15.7. The summed E-state index contributed by atoms with van der Waals surface area (Å²) in [5.41, 5.74) is -3.27. The van der Waals surface area contributed by atoms with Gasteiger partial charge >= 0.3 is 6.18 Å². The molecular formula is C19H14Cl2F3NO. The molecule has 2 aromatic carbocycles. The number of nitrogens with zero attached hydrogens (tertiary/aromatic N) is 1. The molecule has 0 aliphatic heterocycles. The summed E-state index contributed by atoms with van der Waals surface area (Å²) in [5, 5.41) is 11.8. The second kappa shape index (κ2) is 6.72. The van der Waals surface area contributed by atoms with E-state index < -0.39 is 17.7 Å². The summed E-state index contributed by atoms with van der Waals surface area (Å²) in [5.74, 6) is -1.39. The minimum absolute atomic E-state index is 0.0564. The van der Waals surface area contributed by atoms with Crippen LogP contribution in [0.15, 0.2) is 54.7 Å². The largest absolute Gasteiger partial charge is 0.422 e. The highest BCUT2D eigenvalue weighted by Gasteiger charge is 2.59.